The fraction of sp³-hybridized carbons (Fsp3) is 0.440. The fourth-order valence-corrected chi connectivity index (χ4v) is 3.89. The van der Waals surface area contributed by atoms with Gasteiger partial charge in [-0.3, -0.25) is 24.0 Å². The first-order valence-corrected chi connectivity index (χ1v) is 12.3. The highest BCUT2D eigenvalue weighted by molar-refractivity contribution is 5.96. The first kappa shape index (κ1) is 30.8. The molecule has 2 aromatic rings. The minimum Gasteiger partial charge on any atom is -0.480 e. The number of carbonyl (C=O) groups excluding carboxylic acids is 5. The molecule has 0 aliphatic rings. The quantitative estimate of drug-likeness (QED) is 0.129. The van der Waals surface area contributed by atoms with E-state index in [4.69, 9.17) is 17.2 Å². The zero-order valence-corrected chi connectivity index (χ0v) is 21.7. The van der Waals surface area contributed by atoms with E-state index >= 15 is 0 Å². The number of amides is 5. The maximum absolute atomic E-state index is 13.0. The number of nitrogens with one attached hydrogen (secondary N) is 4. The van der Waals surface area contributed by atoms with Crippen LogP contribution in [0.25, 0.3) is 10.9 Å². The molecule has 5 amide bonds. The molecule has 1 aromatic carbocycles. The molecule has 11 N–H and O–H groups in total. The van der Waals surface area contributed by atoms with Crippen molar-refractivity contribution in [2.45, 2.75) is 63.7 Å². The molecule has 39 heavy (non-hydrogen) atoms. The van der Waals surface area contributed by atoms with Crippen LogP contribution in [0.2, 0.25) is 0 Å². The monoisotopic (exact) mass is 545 g/mol. The Kier molecular flexibility index (Phi) is 11.0. The average molecular weight is 546 g/mol. The summed E-state index contributed by atoms with van der Waals surface area (Å²) in [6.07, 6.45) is 0.786. The molecular formula is C25H35N7O7. The van der Waals surface area contributed by atoms with Gasteiger partial charge in [-0.25, -0.2) is 4.79 Å². The SMILES string of the molecule is CC(C)C(NC(=O)C(N)CCC(N)=O)C(=O)NC(CC(N)=O)C(=O)NC(Cc1c[nH]c2ccccc12)C(=O)O. The molecule has 1 heterocycles. The lowest BCUT2D eigenvalue weighted by Crippen LogP contribution is -2.59. The van der Waals surface area contributed by atoms with Gasteiger partial charge in [0, 0.05) is 29.9 Å². The first-order chi connectivity index (χ1) is 18.3. The summed E-state index contributed by atoms with van der Waals surface area (Å²) in [4.78, 5) is 76.1. The van der Waals surface area contributed by atoms with Gasteiger partial charge >= 0.3 is 5.97 Å². The van der Waals surface area contributed by atoms with Crippen molar-refractivity contribution >= 4 is 46.4 Å². The molecule has 0 radical (unpaired) electrons. The lowest BCUT2D eigenvalue weighted by Gasteiger charge is -2.26. The number of H-pyrrole nitrogens is 1. The van der Waals surface area contributed by atoms with Gasteiger partial charge in [-0.1, -0.05) is 32.0 Å². The van der Waals surface area contributed by atoms with Crippen molar-refractivity contribution in [2.24, 2.45) is 23.1 Å². The third-order valence-electron chi connectivity index (χ3n) is 6.04. The molecule has 0 aliphatic carbocycles. The van der Waals surface area contributed by atoms with Crippen LogP contribution < -0.4 is 33.2 Å². The third-order valence-corrected chi connectivity index (χ3v) is 6.04. The Morgan fingerprint density at radius 3 is 2.13 bits per heavy atom. The number of hydrogen-bond acceptors (Lipinski definition) is 7. The molecule has 0 saturated carbocycles. The second kappa shape index (κ2) is 13.9. The normalized spacial score (nSPS) is 14.2. The number of rotatable bonds is 15. The summed E-state index contributed by atoms with van der Waals surface area (Å²) < 4.78 is 0. The zero-order chi connectivity index (χ0) is 29.3. The van der Waals surface area contributed by atoms with Gasteiger partial charge in [0.15, 0.2) is 0 Å². The Labute approximate surface area is 224 Å². The highest BCUT2D eigenvalue weighted by Crippen LogP contribution is 2.19. The molecule has 0 spiro atoms. The topological polar surface area (TPSA) is 253 Å². The third kappa shape index (κ3) is 9.10. The molecule has 0 saturated heterocycles. The van der Waals surface area contributed by atoms with E-state index < -0.39 is 72.0 Å². The highest BCUT2D eigenvalue weighted by Gasteiger charge is 2.32. The summed E-state index contributed by atoms with van der Waals surface area (Å²) in [5.74, 6) is -5.82. The van der Waals surface area contributed by atoms with E-state index in [9.17, 15) is 33.9 Å². The van der Waals surface area contributed by atoms with Gasteiger partial charge in [0.1, 0.15) is 18.1 Å². The van der Waals surface area contributed by atoms with Crippen molar-refractivity contribution in [3.05, 3.63) is 36.0 Å². The van der Waals surface area contributed by atoms with Crippen LogP contribution in [0.3, 0.4) is 0 Å². The van der Waals surface area contributed by atoms with Gasteiger partial charge in [0.05, 0.1) is 12.5 Å². The largest absolute Gasteiger partial charge is 0.480 e. The Morgan fingerprint density at radius 2 is 1.54 bits per heavy atom. The van der Waals surface area contributed by atoms with Gasteiger partial charge in [-0.05, 0) is 24.0 Å². The molecule has 14 nitrogen and oxygen atoms in total. The number of carbonyl (C=O) groups is 6. The zero-order valence-electron chi connectivity index (χ0n) is 21.7. The van der Waals surface area contributed by atoms with E-state index in [1.54, 1.807) is 32.2 Å². The summed E-state index contributed by atoms with van der Waals surface area (Å²) in [6.45, 7) is 3.26. The van der Waals surface area contributed by atoms with E-state index in [-0.39, 0.29) is 19.3 Å². The van der Waals surface area contributed by atoms with Crippen molar-refractivity contribution in [1.82, 2.24) is 20.9 Å². The lowest BCUT2D eigenvalue weighted by atomic mass is 10.0. The number of fused-ring (bicyclic) bond motifs is 1. The second-order valence-electron chi connectivity index (χ2n) is 9.54. The molecule has 212 valence electrons. The van der Waals surface area contributed by atoms with Crippen molar-refractivity contribution in [3.8, 4) is 0 Å². The van der Waals surface area contributed by atoms with Crippen molar-refractivity contribution in [3.63, 3.8) is 0 Å². The number of para-hydroxylation sites is 1. The number of primary amides is 2. The molecule has 1 aromatic heterocycles. The minimum absolute atomic E-state index is 0.0344. The van der Waals surface area contributed by atoms with Crippen LogP contribution >= 0.6 is 0 Å². The summed E-state index contributed by atoms with van der Waals surface area (Å²) in [6, 6.07) is 2.06. The predicted molar refractivity (Wildman–Crippen MR) is 140 cm³/mol. The predicted octanol–water partition coefficient (Wildman–Crippen LogP) is -1.63. The van der Waals surface area contributed by atoms with Crippen LogP contribution in [0.1, 0.15) is 38.7 Å². The molecule has 4 atom stereocenters. The van der Waals surface area contributed by atoms with Crippen LogP contribution in [0.4, 0.5) is 0 Å². The fourth-order valence-electron chi connectivity index (χ4n) is 3.89. The Morgan fingerprint density at radius 1 is 0.897 bits per heavy atom. The van der Waals surface area contributed by atoms with Gasteiger partial charge in [-0.15, -0.1) is 0 Å². The van der Waals surface area contributed by atoms with E-state index in [0.29, 0.717) is 5.56 Å². The number of nitrogens with two attached hydrogens (primary N) is 3. The number of benzene rings is 1. The standard InChI is InChI=1S/C25H35N7O7/c1-12(2)21(32-22(35)15(26)7-8-19(27)33)24(37)30-17(10-20(28)34)23(36)31-18(25(38)39)9-13-11-29-16-6-4-3-5-14(13)16/h3-6,11-12,15,17-18,21,29H,7-10,26H2,1-2H3,(H2,27,33)(H2,28,34)(H,30,37)(H,31,36)(H,32,35)(H,38,39). The molecule has 0 fully saturated rings. The van der Waals surface area contributed by atoms with E-state index in [1.165, 1.54) is 0 Å². The maximum atomic E-state index is 13.0. The molecule has 14 heteroatoms. The van der Waals surface area contributed by atoms with E-state index in [1.807, 2.05) is 12.1 Å². The van der Waals surface area contributed by atoms with Gasteiger partial charge in [-0.2, -0.15) is 0 Å². The van der Waals surface area contributed by atoms with Gasteiger partial charge in [0.2, 0.25) is 29.5 Å². The van der Waals surface area contributed by atoms with Crippen LogP contribution in [-0.2, 0) is 35.2 Å². The van der Waals surface area contributed by atoms with Crippen LogP contribution in [-0.4, -0.2) is 69.8 Å². The summed E-state index contributed by atoms with van der Waals surface area (Å²) in [5.41, 5.74) is 17.5. The number of carboxylic acids is 1. The Bertz CT molecular complexity index is 1230. The maximum Gasteiger partial charge on any atom is 0.326 e. The minimum atomic E-state index is -1.51. The Hall–Kier alpha value is -4.46. The summed E-state index contributed by atoms with van der Waals surface area (Å²) in [7, 11) is 0. The first-order valence-electron chi connectivity index (χ1n) is 12.3. The summed E-state index contributed by atoms with van der Waals surface area (Å²) in [5, 5.41) is 17.7. The van der Waals surface area contributed by atoms with Crippen LogP contribution in [0.15, 0.2) is 30.5 Å². The molecule has 0 aliphatic heterocycles. The summed E-state index contributed by atoms with van der Waals surface area (Å²) >= 11 is 0. The smallest absolute Gasteiger partial charge is 0.326 e. The average Bonchev–Trinajstić information content (AvgIpc) is 3.26. The van der Waals surface area contributed by atoms with Crippen molar-refractivity contribution in [2.75, 3.05) is 0 Å². The van der Waals surface area contributed by atoms with Gasteiger partial charge < -0.3 is 43.2 Å². The number of aromatic nitrogens is 1. The second-order valence-corrected chi connectivity index (χ2v) is 9.54. The van der Waals surface area contributed by atoms with E-state index in [2.05, 4.69) is 20.9 Å². The number of aromatic amines is 1. The number of aliphatic carboxylic acids is 1. The molecular weight excluding hydrogens is 510 g/mol. The Balaban J connectivity index is 2.15. The van der Waals surface area contributed by atoms with Crippen molar-refractivity contribution in [1.29, 1.82) is 0 Å². The number of hydrogen-bond donors (Lipinski definition) is 8. The molecule has 0 bridgehead atoms. The number of carboxylic acid groups (broad SMARTS) is 1. The van der Waals surface area contributed by atoms with Crippen molar-refractivity contribution < 1.29 is 33.9 Å². The molecule has 2 rings (SSSR count). The van der Waals surface area contributed by atoms with Crippen LogP contribution in [0.5, 0.6) is 0 Å². The molecule has 4 unspecified atom stereocenters. The van der Waals surface area contributed by atoms with Gasteiger partial charge in [0.25, 0.3) is 0 Å². The van der Waals surface area contributed by atoms with Crippen LogP contribution in [0, 0.1) is 5.92 Å². The van der Waals surface area contributed by atoms with E-state index in [0.717, 1.165) is 10.9 Å². The lowest BCUT2D eigenvalue weighted by molar-refractivity contribution is -0.142. The highest BCUT2D eigenvalue weighted by atomic mass is 16.4.